The van der Waals surface area contributed by atoms with Gasteiger partial charge in [0.05, 0.1) is 13.2 Å². The number of aryl methyl sites for hydroxylation is 1. The molecule has 1 saturated heterocycles. The standard InChI is InChI=1S/C19H31N7O.HI/c1-19(2,25-11-13-27-14-12-25)15-22-18(20-3)21-9-6-8-17-24-23-16-7-4-5-10-26(16)17;/h4-5,7,10H,6,8-9,11-15H2,1-3H3,(H2,20,21,22);1H. The van der Waals surface area contributed by atoms with Crippen molar-refractivity contribution in [2.24, 2.45) is 4.99 Å². The third-order valence-electron chi connectivity index (χ3n) is 5.03. The van der Waals surface area contributed by atoms with Crippen molar-refractivity contribution >= 4 is 35.6 Å². The first-order valence-corrected chi connectivity index (χ1v) is 9.66. The van der Waals surface area contributed by atoms with Crippen molar-refractivity contribution in [3.05, 3.63) is 30.2 Å². The Morgan fingerprint density at radius 1 is 1.21 bits per heavy atom. The molecule has 2 aromatic rings. The second-order valence-electron chi connectivity index (χ2n) is 7.41. The molecule has 0 saturated carbocycles. The van der Waals surface area contributed by atoms with Crippen LogP contribution in [0.15, 0.2) is 29.4 Å². The fourth-order valence-electron chi connectivity index (χ4n) is 3.32. The number of aromatic nitrogens is 3. The molecular weight excluding hydrogens is 469 g/mol. The number of pyridine rings is 1. The maximum absolute atomic E-state index is 5.46. The highest BCUT2D eigenvalue weighted by Gasteiger charge is 2.28. The third-order valence-corrected chi connectivity index (χ3v) is 5.03. The lowest BCUT2D eigenvalue weighted by Crippen LogP contribution is -2.56. The molecule has 156 valence electrons. The summed E-state index contributed by atoms with van der Waals surface area (Å²) in [6.07, 6.45) is 3.84. The van der Waals surface area contributed by atoms with Crippen LogP contribution in [0.4, 0.5) is 0 Å². The van der Waals surface area contributed by atoms with E-state index in [4.69, 9.17) is 4.74 Å². The maximum Gasteiger partial charge on any atom is 0.191 e. The number of halogens is 1. The summed E-state index contributed by atoms with van der Waals surface area (Å²) in [5.41, 5.74) is 0.949. The highest BCUT2D eigenvalue weighted by atomic mass is 127. The Kier molecular flexibility index (Phi) is 8.90. The molecular formula is C19H32IN7O. The smallest absolute Gasteiger partial charge is 0.191 e. The SMILES string of the molecule is CN=C(NCCCc1nnc2ccccn12)NCC(C)(C)N1CCOCC1.I. The molecule has 1 aliphatic heterocycles. The molecule has 9 heteroatoms. The van der Waals surface area contributed by atoms with Crippen LogP contribution < -0.4 is 10.6 Å². The molecule has 3 rings (SSSR count). The predicted octanol–water partition coefficient (Wildman–Crippen LogP) is 1.56. The van der Waals surface area contributed by atoms with E-state index in [1.54, 1.807) is 0 Å². The number of hydrogen-bond acceptors (Lipinski definition) is 5. The van der Waals surface area contributed by atoms with Gasteiger partial charge in [-0.25, -0.2) is 0 Å². The number of morpholine rings is 1. The maximum atomic E-state index is 5.46. The van der Waals surface area contributed by atoms with Gasteiger partial charge in [0.1, 0.15) is 5.82 Å². The van der Waals surface area contributed by atoms with Crippen LogP contribution in [0.3, 0.4) is 0 Å². The van der Waals surface area contributed by atoms with Gasteiger partial charge in [0, 0.05) is 51.4 Å². The minimum atomic E-state index is 0. The molecule has 0 aromatic carbocycles. The fourth-order valence-corrected chi connectivity index (χ4v) is 3.32. The number of guanidine groups is 1. The van der Waals surface area contributed by atoms with E-state index in [1.807, 2.05) is 35.8 Å². The van der Waals surface area contributed by atoms with Gasteiger partial charge in [-0.3, -0.25) is 14.3 Å². The first kappa shape index (κ1) is 22.8. The summed E-state index contributed by atoms with van der Waals surface area (Å²) in [6.45, 7) is 9.77. The van der Waals surface area contributed by atoms with Gasteiger partial charge in [-0.15, -0.1) is 34.2 Å². The van der Waals surface area contributed by atoms with Crippen LogP contribution in [0.25, 0.3) is 5.65 Å². The minimum absolute atomic E-state index is 0. The molecule has 3 heterocycles. The Bertz CT molecular complexity index is 756. The fraction of sp³-hybridized carbons (Fsp3) is 0.632. The molecule has 28 heavy (non-hydrogen) atoms. The second-order valence-corrected chi connectivity index (χ2v) is 7.41. The molecule has 0 bridgehead atoms. The van der Waals surface area contributed by atoms with Crippen molar-refractivity contribution in [3.63, 3.8) is 0 Å². The summed E-state index contributed by atoms with van der Waals surface area (Å²) in [6, 6.07) is 5.94. The summed E-state index contributed by atoms with van der Waals surface area (Å²) in [7, 11) is 1.81. The number of hydrogen-bond donors (Lipinski definition) is 2. The molecule has 0 unspecified atom stereocenters. The molecule has 0 radical (unpaired) electrons. The van der Waals surface area contributed by atoms with Gasteiger partial charge >= 0.3 is 0 Å². The number of rotatable bonds is 7. The molecule has 0 atom stereocenters. The molecule has 2 N–H and O–H groups in total. The van der Waals surface area contributed by atoms with Crippen LogP contribution in [0.2, 0.25) is 0 Å². The van der Waals surface area contributed by atoms with Gasteiger partial charge in [0.15, 0.2) is 11.6 Å². The van der Waals surface area contributed by atoms with Crippen LogP contribution in [0.1, 0.15) is 26.1 Å². The molecule has 2 aromatic heterocycles. The van der Waals surface area contributed by atoms with E-state index in [0.29, 0.717) is 0 Å². The van der Waals surface area contributed by atoms with Crippen LogP contribution in [0.5, 0.6) is 0 Å². The number of aliphatic imine (C=N–C) groups is 1. The van der Waals surface area contributed by atoms with E-state index in [9.17, 15) is 0 Å². The van der Waals surface area contributed by atoms with E-state index in [-0.39, 0.29) is 29.5 Å². The third kappa shape index (κ3) is 6.02. The van der Waals surface area contributed by atoms with Crippen molar-refractivity contribution in [2.45, 2.75) is 32.2 Å². The number of fused-ring (bicyclic) bond motifs is 1. The number of nitrogens with one attached hydrogen (secondary N) is 2. The van der Waals surface area contributed by atoms with E-state index < -0.39 is 0 Å². The van der Waals surface area contributed by atoms with Crippen molar-refractivity contribution < 1.29 is 4.74 Å². The largest absolute Gasteiger partial charge is 0.379 e. The summed E-state index contributed by atoms with van der Waals surface area (Å²) in [5, 5.41) is 15.3. The zero-order chi connectivity index (χ0) is 19.1. The van der Waals surface area contributed by atoms with E-state index in [1.165, 1.54) is 0 Å². The highest BCUT2D eigenvalue weighted by Crippen LogP contribution is 2.15. The quantitative estimate of drug-likeness (QED) is 0.260. The Hall–Kier alpha value is -1.46. The zero-order valence-corrected chi connectivity index (χ0v) is 19.3. The van der Waals surface area contributed by atoms with Crippen molar-refractivity contribution in [1.82, 2.24) is 30.1 Å². The van der Waals surface area contributed by atoms with Gasteiger partial charge in [-0.05, 0) is 32.4 Å². The number of nitrogens with zero attached hydrogens (tertiary/aromatic N) is 5. The lowest BCUT2D eigenvalue weighted by atomic mass is 10.0. The first-order valence-electron chi connectivity index (χ1n) is 9.66. The zero-order valence-electron chi connectivity index (χ0n) is 17.0. The average Bonchev–Trinajstić information content (AvgIpc) is 3.11. The second kappa shape index (κ2) is 10.9. The molecule has 0 amide bonds. The van der Waals surface area contributed by atoms with E-state index in [0.717, 1.165) is 69.7 Å². The summed E-state index contributed by atoms with van der Waals surface area (Å²) in [4.78, 5) is 6.80. The first-order chi connectivity index (χ1) is 13.1. The molecule has 0 aliphatic carbocycles. The topological polar surface area (TPSA) is 79.1 Å². The van der Waals surface area contributed by atoms with Gasteiger partial charge in [0.25, 0.3) is 0 Å². The van der Waals surface area contributed by atoms with Gasteiger partial charge in [-0.2, -0.15) is 0 Å². The lowest BCUT2D eigenvalue weighted by molar-refractivity contribution is -0.00833. The summed E-state index contributed by atoms with van der Waals surface area (Å²) in [5.74, 6) is 1.83. The molecule has 0 spiro atoms. The molecule has 1 fully saturated rings. The average molecular weight is 501 g/mol. The van der Waals surface area contributed by atoms with Gasteiger partial charge in [0.2, 0.25) is 0 Å². The summed E-state index contributed by atoms with van der Waals surface area (Å²) < 4.78 is 7.49. The monoisotopic (exact) mass is 501 g/mol. The van der Waals surface area contributed by atoms with Gasteiger partial charge in [-0.1, -0.05) is 6.07 Å². The molecule has 8 nitrogen and oxygen atoms in total. The number of ether oxygens (including phenoxy) is 1. The van der Waals surface area contributed by atoms with Crippen molar-refractivity contribution in [3.8, 4) is 0 Å². The van der Waals surface area contributed by atoms with Crippen LogP contribution in [-0.4, -0.2) is 77.4 Å². The van der Waals surface area contributed by atoms with Gasteiger partial charge < -0.3 is 15.4 Å². The van der Waals surface area contributed by atoms with Crippen molar-refractivity contribution in [1.29, 1.82) is 0 Å². The summed E-state index contributed by atoms with van der Waals surface area (Å²) >= 11 is 0. The Morgan fingerprint density at radius 2 is 2.00 bits per heavy atom. The normalized spacial score (nSPS) is 16.0. The lowest BCUT2D eigenvalue weighted by Gasteiger charge is -2.41. The predicted molar refractivity (Wildman–Crippen MR) is 123 cm³/mol. The molecule has 1 aliphatic rings. The van der Waals surface area contributed by atoms with Crippen LogP contribution in [0, 0.1) is 0 Å². The van der Waals surface area contributed by atoms with E-state index in [2.05, 4.69) is 44.6 Å². The Morgan fingerprint density at radius 3 is 2.75 bits per heavy atom. The van der Waals surface area contributed by atoms with Crippen LogP contribution >= 0.6 is 24.0 Å². The Balaban J connectivity index is 0.00000280. The van der Waals surface area contributed by atoms with Crippen LogP contribution in [-0.2, 0) is 11.2 Å². The van der Waals surface area contributed by atoms with Crippen molar-refractivity contribution in [2.75, 3.05) is 46.4 Å². The Labute approximate surface area is 184 Å². The van der Waals surface area contributed by atoms with E-state index >= 15 is 0 Å². The highest BCUT2D eigenvalue weighted by molar-refractivity contribution is 14.0. The minimum Gasteiger partial charge on any atom is -0.379 e.